The van der Waals surface area contributed by atoms with E-state index in [9.17, 15) is 92.4 Å². The molecule has 17 atom stereocenters. The van der Waals surface area contributed by atoms with E-state index in [-0.39, 0.29) is 172 Å². The van der Waals surface area contributed by atoms with Gasteiger partial charge in [-0.25, -0.2) is 30.4 Å². The van der Waals surface area contributed by atoms with E-state index in [1.807, 2.05) is 46.2 Å². The number of aromatic amines is 4. The van der Waals surface area contributed by atoms with Gasteiger partial charge < -0.3 is 126 Å². The Hall–Kier alpha value is -4.24. The molecule has 44 nitrogen and oxygen atoms in total. The molecule has 4 aromatic heterocycles. The molecule has 8 aliphatic rings. The van der Waals surface area contributed by atoms with E-state index in [0.29, 0.717) is 28.9 Å². The monoisotopic (exact) mass is 1900 g/mol. The topological polar surface area (TPSA) is 611 Å². The molecule has 0 amide bonds. The third kappa shape index (κ3) is 27.1. The first-order chi connectivity index (χ1) is 59.0. The summed E-state index contributed by atoms with van der Waals surface area (Å²) in [4.78, 5) is 108. The summed E-state index contributed by atoms with van der Waals surface area (Å²) in [7, 11) is -11.4. The molecular weight excluding hydrogens is 1780 g/mol. The van der Waals surface area contributed by atoms with Crippen molar-refractivity contribution in [1.29, 1.82) is 1.43 Å². The van der Waals surface area contributed by atoms with Gasteiger partial charge in [-0.05, 0) is 86.1 Å². The fourth-order valence-corrected chi connectivity index (χ4v) is 22.2. The number of hydrogen-bond donors (Lipinski definition) is 13. The predicted molar refractivity (Wildman–Crippen MR) is 451 cm³/mol. The van der Waals surface area contributed by atoms with Crippen molar-refractivity contribution in [3.05, 3.63) is 166 Å². The van der Waals surface area contributed by atoms with Crippen molar-refractivity contribution in [2.75, 3.05) is 138 Å². The molecule has 0 aliphatic carbocycles. The molecule has 8 saturated heterocycles. The smallest absolute Gasteiger partial charge is 0.850 e. The molecule has 8 bridgehead atoms. The third-order valence-electron chi connectivity index (χ3n) is 21.8. The van der Waals surface area contributed by atoms with Crippen molar-refractivity contribution >= 4 is 37.5 Å². The Morgan fingerprint density at radius 1 is 0.616 bits per heavy atom. The van der Waals surface area contributed by atoms with Crippen LogP contribution in [0, 0.1) is 46.1 Å². The van der Waals surface area contributed by atoms with Crippen LogP contribution in [0.4, 0.5) is 0 Å². The van der Waals surface area contributed by atoms with Gasteiger partial charge in [-0.2, -0.15) is 0 Å². The number of aromatic nitrogens is 8. The van der Waals surface area contributed by atoms with Gasteiger partial charge in [0.2, 0.25) is 7.98 Å². The van der Waals surface area contributed by atoms with Crippen LogP contribution in [0.5, 0.6) is 0 Å². The number of aryl methyl sites for hydroxylation is 4. The molecule has 50 heteroatoms. The SMILES string of the molecule is CC(C)(C)[O-].COP(=O)(CP(=O)(CO)CO)OC.Cc1cn([C@@H]2CO[C@@]3(/C=C/P(=O)(CO)CO)CO[C@@H]2[C@@H]3C)c(=O)[nH]c1=O.Cc1cn([C@@H]2CO[C@@]3(CO)CO[C@@H]2[C@@H]3C)c(=O)[nH]c1=O.[2H]C[C@@]12CO[C@@H]([C@H](n3cc(C)c(=O)[nH]c3=O)CO1)[C@@H]2O.[3H]OC.[C-]#[N+]CCOP(O[C@H]1[C@H]2OC[C@]1(/C=C/P(=O)(CO)CO)OC[C@H]2n1cc(C)c(=O)[nH]c1=O)N(C(C)C)C(C)C.[K+]. The molecule has 12 heterocycles. The largest absolute Gasteiger partial charge is 1.00 e. The van der Waals surface area contributed by atoms with Gasteiger partial charge in [0.25, 0.3) is 30.8 Å². The second-order valence-corrected chi connectivity index (χ2v) is 45.2. The standard InChI is InChI=1S/C24H38N4O9P2.C16H23N2O7P.C13H18N2O5.C12H16N2O5.C5H14O6P2.C4H9O.CH4O.K/c1-16(2)28(17(3)4)38(36-9-8-25-6)37-21-20-19(27-11-18(5)22(31)26-23(27)32)12-35-24(21,13-34-20)7-10-39(33,14-29)15-30;1-10-5-18(15(22)17-14(10)21)12-6-25-16(7-24-13(12)11(16)2)3-4-26(23,8-19)9-20;1-7-3-15(12(18)14-11(7)17)9-4-20-13(5-16)6-19-10(9)8(13)2;1-6-3-14(11(17)13-10(6)16)7-4-19-12(2)5-18-8(7)9(12)15;1-10-13(9,11-2)5-12(8,3-6)4-7;1-4(2,3)5;1-2;/h7,10-11,16-17,19-21,29-30H,8-9,12-15H2,1-5H3,(H,26,31,32);3-5,11-13,19-20H,6-9H2,1-2H3,(H,17,21,22);3,8-10,16H,4-6H2,1-2H3,(H,14,17,18);3,7-9,15H,4-5H2,1-2H3,(H,13,16,17);6-7H,3-5H2,1-2H3;1-3H3;2H,1H3;/q;;;;;-1;;+1/b10-7+;4-3+;;;;;;/t19-,20+,21+,24+,38?;11-,12+,13+,16-;8-,9+,10+,13-;7-,8+,9+,12+;;;;/m1001..../s1/i;;;2D;;;2T;. The summed E-state index contributed by atoms with van der Waals surface area (Å²) in [6.45, 7) is 31.7. The molecule has 8 fully saturated rings. The second kappa shape index (κ2) is 47.4. The number of nitrogens with one attached hydrogen (secondary N) is 4. The van der Waals surface area contributed by atoms with Gasteiger partial charge in [0.05, 0.1) is 109 Å². The number of ether oxygens (including phenoxy) is 8. The summed E-state index contributed by atoms with van der Waals surface area (Å²) < 4.78 is 137. The van der Waals surface area contributed by atoms with Crippen molar-refractivity contribution in [3.63, 3.8) is 0 Å². The van der Waals surface area contributed by atoms with Crippen molar-refractivity contribution in [3.8, 4) is 0 Å². The number of H-pyrrole nitrogens is 4. The van der Waals surface area contributed by atoms with Crippen LogP contribution in [0.2, 0.25) is 0 Å². The molecule has 4 aromatic rings. The number of rotatable bonds is 27. The normalized spacial score (nSPS) is 28.3. The summed E-state index contributed by atoms with van der Waals surface area (Å²) in [5, 5.41) is 88.3. The summed E-state index contributed by atoms with van der Waals surface area (Å²) in [5.74, 6) is 1.95. The van der Waals surface area contributed by atoms with E-state index >= 15 is 0 Å². The van der Waals surface area contributed by atoms with E-state index in [1.54, 1.807) is 54.5 Å². The third-order valence-corrected chi connectivity index (χ3v) is 32.8. The maximum Gasteiger partial charge on any atom is 1.00 e. The second-order valence-electron chi connectivity index (χ2n) is 32.5. The average Bonchev–Trinajstić information content (AvgIpc) is 1.60. The molecular formula is C75H122KN10O34P5. The summed E-state index contributed by atoms with van der Waals surface area (Å²) in [6.07, 6.45) is 1.22. The van der Waals surface area contributed by atoms with Crippen molar-refractivity contribution in [2.45, 2.75) is 198 Å². The van der Waals surface area contributed by atoms with Gasteiger partial charge in [-0.15, -0.1) is 5.60 Å². The fourth-order valence-electron chi connectivity index (χ4n) is 14.4. The number of aliphatic hydroxyl groups is 9. The number of aliphatic hydroxyl groups excluding tert-OH is 9. The van der Waals surface area contributed by atoms with Gasteiger partial charge in [0.1, 0.15) is 91.9 Å². The number of hydrogen-bond acceptors (Lipinski definition) is 35. The van der Waals surface area contributed by atoms with Crippen LogP contribution in [0.25, 0.3) is 4.85 Å². The van der Waals surface area contributed by atoms with Crippen LogP contribution in [-0.2, 0) is 74.3 Å². The maximum absolute atomic E-state index is 12.8. The van der Waals surface area contributed by atoms with Crippen LogP contribution in [0.15, 0.2) is 86.9 Å². The first-order valence-corrected chi connectivity index (χ1v) is 48.7. The van der Waals surface area contributed by atoms with Crippen LogP contribution in [0.1, 0.15) is 117 Å². The van der Waals surface area contributed by atoms with E-state index < -0.39 is 192 Å². The van der Waals surface area contributed by atoms with E-state index in [2.05, 4.69) is 38.9 Å². The van der Waals surface area contributed by atoms with E-state index in [1.165, 1.54) is 67.9 Å². The van der Waals surface area contributed by atoms with E-state index in [0.717, 1.165) is 14.2 Å². The van der Waals surface area contributed by atoms with Crippen LogP contribution >= 0.6 is 37.5 Å². The summed E-state index contributed by atoms with van der Waals surface area (Å²) in [5.41, 5.74) is -6.79. The molecule has 12 rings (SSSR count). The van der Waals surface area contributed by atoms with Gasteiger partial charge >= 0.3 is 81.7 Å². The van der Waals surface area contributed by atoms with E-state index in [4.69, 9.17) is 66.5 Å². The zero-order valence-electron chi connectivity index (χ0n) is 75.2. The first-order valence-electron chi connectivity index (χ1n) is 40.4. The maximum atomic E-state index is 12.8. The Labute approximate surface area is 767 Å². The van der Waals surface area contributed by atoms with Gasteiger partial charge in [0.15, 0.2) is 14.3 Å². The molecule has 13 N–H and O–H groups in total. The minimum Gasteiger partial charge on any atom is -0.850 e. The van der Waals surface area contributed by atoms with Crippen molar-refractivity contribution < 1.29 is 178 Å². The molecule has 0 aromatic carbocycles. The number of fused-ring (bicyclic) bond motifs is 8. The minimum absolute atomic E-state index is 0. The Morgan fingerprint density at radius 3 is 1.37 bits per heavy atom. The molecule has 0 radical (unpaired) electrons. The summed E-state index contributed by atoms with van der Waals surface area (Å²) in [6, 6.07) is -1.85. The van der Waals surface area contributed by atoms with Crippen molar-refractivity contribution in [1.82, 2.24) is 42.9 Å². The van der Waals surface area contributed by atoms with Gasteiger partial charge in [-0.1, -0.05) is 34.6 Å². The first kappa shape index (κ1) is 108. The van der Waals surface area contributed by atoms with Gasteiger partial charge in [-0.3, -0.25) is 61.9 Å². The molecule has 0 spiro atoms. The fraction of sp³-hybridized carbons (Fsp3) is 0.720. The van der Waals surface area contributed by atoms with Crippen LogP contribution < -0.4 is 101 Å². The number of nitrogens with zero attached hydrogens (tertiary/aromatic N) is 6. The zero-order valence-corrected chi connectivity index (χ0v) is 80.8. The molecule has 8 aliphatic heterocycles. The Balaban J connectivity index is 0.000000286. The quantitative estimate of drug-likeness (QED) is 0.0127. The Bertz CT molecular complexity index is 4940. The van der Waals surface area contributed by atoms with Crippen molar-refractivity contribution in [2.24, 2.45) is 11.8 Å². The zero-order chi connectivity index (χ0) is 94.8. The average molecular weight is 1900 g/mol. The Kier molecular flexibility index (Phi) is 40.9. The summed E-state index contributed by atoms with van der Waals surface area (Å²) >= 11 is 0. The molecule has 702 valence electrons. The molecule has 1 unspecified atom stereocenters. The Morgan fingerprint density at radius 2 is 0.976 bits per heavy atom. The van der Waals surface area contributed by atoms with Crippen LogP contribution in [0.3, 0.4) is 0 Å². The molecule has 0 saturated carbocycles. The van der Waals surface area contributed by atoms with Crippen LogP contribution in [-0.4, -0.2) is 305 Å². The van der Waals surface area contributed by atoms with Gasteiger partial charge in [0, 0.05) is 93.7 Å². The molecule has 125 heavy (non-hydrogen) atoms. The minimum atomic E-state index is -3.44. The predicted octanol–water partition coefficient (Wildman–Crippen LogP) is -2.47.